The molecule has 166 valence electrons. The first-order valence-corrected chi connectivity index (χ1v) is 11.8. The van der Waals surface area contributed by atoms with Gasteiger partial charge in [-0.25, -0.2) is 0 Å². The molecule has 3 N–H and O–H groups in total. The predicted octanol–water partition coefficient (Wildman–Crippen LogP) is 5.19. The normalized spacial score (nSPS) is 17.1. The number of hydrogen-bond acceptors (Lipinski definition) is 4. The van der Waals surface area contributed by atoms with Gasteiger partial charge in [0, 0.05) is 35.7 Å². The molecular formula is C26H28BrN3O2. The molecule has 0 radical (unpaired) electrons. The van der Waals surface area contributed by atoms with Gasteiger partial charge in [-0.2, -0.15) is 0 Å². The third kappa shape index (κ3) is 5.56. The number of benzene rings is 2. The topological polar surface area (TPSA) is 74.2 Å². The molecule has 6 heteroatoms. The number of rotatable bonds is 8. The number of carboxylic acid groups (broad SMARTS) is 1. The molecule has 2 aromatic carbocycles. The fourth-order valence-electron chi connectivity index (χ4n) is 4.40. The van der Waals surface area contributed by atoms with Crippen LogP contribution >= 0.6 is 15.9 Å². The van der Waals surface area contributed by atoms with Crippen LogP contribution in [0.25, 0.3) is 0 Å². The molecule has 3 aromatic rings. The van der Waals surface area contributed by atoms with Gasteiger partial charge in [-0.1, -0.05) is 61.5 Å². The van der Waals surface area contributed by atoms with Crippen molar-refractivity contribution in [3.63, 3.8) is 0 Å². The van der Waals surface area contributed by atoms with Crippen LogP contribution in [0.1, 0.15) is 41.3 Å². The van der Waals surface area contributed by atoms with E-state index >= 15 is 0 Å². The lowest BCUT2D eigenvalue weighted by molar-refractivity contribution is -0.136. The van der Waals surface area contributed by atoms with Crippen molar-refractivity contribution in [1.29, 1.82) is 0 Å². The SMILES string of the molecule is C[C@@H](CN[C@H](c1ccccc1)[C@H]1CNc2cc(Br)cnc2C1)c1cccc(CC(=O)O)c1. The van der Waals surface area contributed by atoms with Crippen molar-refractivity contribution in [3.05, 3.63) is 93.7 Å². The number of fused-ring (bicyclic) bond motifs is 1. The molecular weight excluding hydrogens is 466 g/mol. The predicted molar refractivity (Wildman–Crippen MR) is 131 cm³/mol. The molecule has 1 aromatic heterocycles. The lowest BCUT2D eigenvalue weighted by Crippen LogP contribution is -2.37. The number of aromatic nitrogens is 1. The molecule has 0 spiro atoms. The summed E-state index contributed by atoms with van der Waals surface area (Å²) in [7, 11) is 0. The highest BCUT2D eigenvalue weighted by atomic mass is 79.9. The minimum absolute atomic E-state index is 0.0525. The number of anilines is 1. The zero-order valence-corrected chi connectivity index (χ0v) is 19.7. The van der Waals surface area contributed by atoms with Crippen LogP contribution in [-0.4, -0.2) is 29.1 Å². The maximum atomic E-state index is 11.1. The third-order valence-corrected chi connectivity index (χ3v) is 6.53. The molecule has 0 saturated carbocycles. The molecule has 32 heavy (non-hydrogen) atoms. The maximum absolute atomic E-state index is 11.1. The number of carbonyl (C=O) groups is 1. The molecule has 0 unspecified atom stereocenters. The fraction of sp³-hybridized carbons (Fsp3) is 0.308. The van der Waals surface area contributed by atoms with Crippen LogP contribution in [0.3, 0.4) is 0 Å². The van der Waals surface area contributed by atoms with Crippen LogP contribution in [0.15, 0.2) is 71.3 Å². The van der Waals surface area contributed by atoms with Gasteiger partial charge in [0.2, 0.25) is 0 Å². The average molecular weight is 494 g/mol. The molecule has 1 aliphatic heterocycles. The van der Waals surface area contributed by atoms with Crippen molar-refractivity contribution in [2.45, 2.75) is 31.7 Å². The van der Waals surface area contributed by atoms with Crippen LogP contribution < -0.4 is 10.6 Å². The first-order chi connectivity index (χ1) is 15.5. The van der Waals surface area contributed by atoms with Crippen molar-refractivity contribution in [2.75, 3.05) is 18.4 Å². The largest absolute Gasteiger partial charge is 0.481 e. The van der Waals surface area contributed by atoms with Crippen molar-refractivity contribution in [2.24, 2.45) is 5.92 Å². The summed E-state index contributed by atoms with van der Waals surface area (Å²) in [5, 5.41) is 16.5. The summed E-state index contributed by atoms with van der Waals surface area (Å²) in [5.41, 5.74) is 5.47. The van der Waals surface area contributed by atoms with Crippen LogP contribution in [0.4, 0.5) is 5.69 Å². The number of carboxylic acids is 1. The average Bonchev–Trinajstić information content (AvgIpc) is 2.79. The summed E-state index contributed by atoms with van der Waals surface area (Å²) in [6, 6.07) is 20.8. The van der Waals surface area contributed by atoms with E-state index in [4.69, 9.17) is 5.11 Å². The molecule has 0 saturated heterocycles. The summed E-state index contributed by atoms with van der Waals surface area (Å²) in [6.07, 6.45) is 2.82. The zero-order chi connectivity index (χ0) is 22.5. The van der Waals surface area contributed by atoms with Crippen LogP contribution in [0.2, 0.25) is 0 Å². The molecule has 5 nitrogen and oxygen atoms in total. The van der Waals surface area contributed by atoms with Gasteiger partial charge < -0.3 is 15.7 Å². The van der Waals surface area contributed by atoms with E-state index in [1.165, 1.54) is 5.56 Å². The van der Waals surface area contributed by atoms with E-state index in [9.17, 15) is 4.79 Å². The Hall–Kier alpha value is -2.70. The Morgan fingerprint density at radius 2 is 1.97 bits per heavy atom. The van der Waals surface area contributed by atoms with Crippen LogP contribution in [0.5, 0.6) is 0 Å². The molecule has 4 rings (SSSR count). The number of aliphatic carboxylic acids is 1. The first kappa shape index (κ1) is 22.5. The van der Waals surface area contributed by atoms with Gasteiger partial charge >= 0.3 is 5.97 Å². The van der Waals surface area contributed by atoms with Gasteiger partial charge in [0.25, 0.3) is 0 Å². The van der Waals surface area contributed by atoms with Crippen molar-refractivity contribution in [3.8, 4) is 0 Å². The third-order valence-electron chi connectivity index (χ3n) is 6.10. The summed E-state index contributed by atoms with van der Waals surface area (Å²) < 4.78 is 0.985. The van der Waals surface area contributed by atoms with Crippen LogP contribution in [-0.2, 0) is 17.6 Å². The highest BCUT2D eigenvalue weighted by molar-refractivity contribution is 9.10. The van der Waals surface area contributed by atoms with Crippen molar-refractivity contribution >= 4 is 27.6 Å². The van der Waals surface area contributed by atoms with Crippen LogP contribution in [0, 0.1) is 5.92 Å². The monoisotopic (exact) mass is 493 g/mol. The Labute approximate surface area is 197 Å². The van der Waals surface area contributed by atoms with Gasteiger partial charge in [-0.15, -0.1) is 0 Å². The molecule has 3 atom stereocenters. The maximum Gasteiger partial charge on any atom is 0.307 e. The van der Waals surface area contributed by atoms with E-state index in [2.05, 4.69) is 74.9 Å². The number of nitrogens with zero attached hydrogens (tertiary/aromatic N) is 1. The van der Waals surface area contributed by atoms with E-state index in [0.717, 1.165) is 46.5 Å². The van der Waals surface area contributed by atoms with Gasteiger partial charge in [0.15, 0.2) is 0 Å². The van der Waals surface area contributed by atoms with E-state index in [1.54, 1.807) is 0 Å². The Kier molecular flexibility index (Phi) is 7.22. The number of pyridine rings is 1. The van der Waals surface area contributed by atoms with Gasteiger partial charge in [0.1, 0.15) is 0 Å². The Balaban J connectivity index is 1.50. The Bertz CT molecular complexity index is 1070. The molecule has 0 amide bonds. The van der Waals surface area contributed by atoms with Crippen molar-refractivity contribution < 1.29 is 9.90 Å². The lowest BCUT2D eigenvalue weighted by Gasteiger charge is -2.33. The van der Waals surface area contributed by atoms with Gasteiger partial charge in [0.05, 0.1) is 17.8 Å². The Morgan fingerprint density at radius 3 is 2.75 bits per heavy atom. The second kappa shape index (κ2) is 10.3. The molecule has 0 fully saturated rings. The fourth-order valence-corrected chi connectivity index (χ4v) is 4.73. The minimum Gasteiger partial charge on any atom is -0.481 e. The summed E-state index contributed by atoms with van der Waals surface area (Å²) in [6.45, 7) is 3.86. The number of hydrogen-bond donors (Lipinski definition) is 3. The number of nitrogens with one attached hydrogen (secondary N) is 2. The molecule has 0 bridgehead atoms. The Morgan fingerprint density at radius 1 is 1.19 bits per heavy atom. The summed E-state index contributed by atoms with van der Waals surface area (Å²) >= 11 is 3.50. The zero-order valence-electron chi connectivity index (χ0n) is 18.1. The highest BCUT2D eigenvalue weighted by Crippen LogP contribution is 2.33. The molecule has 1 aliphatic rings. The summed E-state index contributed by atoms with van der Waals surface area (Å²) in [5.74, 6) is -0.181. The molecule has 0 aliphatic carbocycles. The van der Waals surface area contributed by atoms with E-state index in [-0.39, 0.29) is 18.4 Å². The second-order valence-corrected chi connectivity index (χ2v) is 9.42. The smallest absolute Gasteiger partial charge is 0.307 e. The van der Waals surface area contributed by atoms with E-state index in [1.807, 2.05) is 30.5 Å². The quantitative estimate of drug-likeness (QED) is 0.402. The first-order valence-electron chi connectivity index (χ1n) is 11.0. The summed E-state index contributed by atoms with van der Waals surface area (Å²) in [4.78, 5) is 15.7. The minimum atomic E-state index is -0.803. The highest BCUT2D eigenvalue weighted by Gasteiger charge is 2.28. The number of halogens is 1. The molecule has 2 heterocycles. The van der Waals surface area contributed by atoms with E-state index in [0.29, 0.717) is 5.92 Å². The van der Waals surface area contributed by atoms with E-state index < -0.39 is 5.97 Å². The lowest BCUT2D eigenvalue weighted by atomic mass is 9.86. The van der Waals surface area contributed by atoms with Crippen molar-refractivity contribution in [1.82, 2.24) is 10.3 Å². The van der Waals surface area contributed by atoms with Gasteiger partial charge in [-0.3, -0.25) is 9.78 Å². The van der Waals surface area contributed by atoms with Gasteiger partial charge in [-0.05, 0) is 51.0 Å². The standard InChI is InChI=1S/C26H28BrN3O2/c1-17(20-9-5-6-18(10-20)11-25(31)32)14-30-26(19-7-3-2-4-8-19)21-12-23-24(28-15-21)13-22(27)16-29-23/h2-10,13,16-17,21,26,28,30H,11-12,14-15H2,1H3,(H,31,32)/t17-,21+,26+/m0/s1. The second-order valence-electron chi connectivity index (χ2n) is 8.51.